The lowest BCUT2D eigenvalue weighted by atomic mass is 9.87. The summed E-state index contributed by atoms with van der Waals surface area (Å²) in [6.07, 6.45) is 1.08. The third-order valence-corrected chi connectivity index (χ3v) is 3.33. The normalized spacial score (nSPS) is 14.1. The van der Waals surface area contributed by atoms with Gasteiger partial charge < -0.3 is 4.74 Å². The smallest absolute Gasteiger partial charge is 0.201 e. The lowest BCUT2D eigenvalue weighted by molar-refractivity contribution is -0.113. The van der Waals surface area contributed by atoms with Gasteiger partial charge >= 0.3 is 0 Å². The van der Waals surface area contributed by atoms with Gasteiger partial charge in [0.15, 0.2) is 11.6 Å². The van der Waals surface area contributed by atoms with E-state index in [4.69, 9.17) is 4.74 Å². The SMILES string of the molecule is COc1c(Br)ccc2c1C(=O)C(C(C)=O)=CC2=O. The summed E-state index contributed by atoms with van der Waals surface area (Å²) in [5.74, 6) is -0.991. The topological polar surface area (TPSA) is 60.4 Å². The van der Waals surface area contributed by atoms with Crippen LogP contribution in [0.2, 0.25) is 0 Å². The van der Waals surface area contributed by atoms with Crippen LogP contribution in [0.1, 0.15) is 27.6 Å². The Morgan fingerprint density at radius 2 is 1.94 bits per heavy atom. The van der Waals surface area contributed by atoms with Crippen molar-refractivity contribution in [3.05, 3.63) is 39.4 Å². The Bertz CT molecular complexity index is 614. The van der Waals surface area contributed by atoms with Crippen LogP contribution >= 0.6 is 15.9 Å². The minimum atomic E-state index is -0.477. The molecule has 0 aliphatic heterocycles. The lowest BCUT2D eigenvalue weighted by Gasteiger charge is -2.17. The molecule has 0 unspecified atom stereocenters. The molecule has 2 rings (SSSR count). The fourth-order valence-corrected chi connectivity index (χ4v) is 2.35. The highest BCUT2D eigenvalue weighted by Gasteiger charge is 2.31. The fourth-order valence-electron chi connectivity index (χ4n) is 1.86. The Labute approximate surface area is 112 Å². The molecule has 0 heterocycles. The van der Waals surface area contributed by atoms with Crippen LogP contribution in [0.5, 0.6) is 5.75 Å². The molecule has 1 aliphatic carbocycles. The summed E-state index contributed by atoms with van der Waals surface area (Å²) >= 11 is 3.25. The number of fused-ring (bicyclic) bond motifs is 1. The Morgan fingerprint density at radius 3 is 2.50 bits per heavy atom. The van der Waals surface area contributed by atoms with E-state index >= 15 is 0 Å². The Hall–Kier alpha value is -1.75. The van der Waals surface area contributed by atoms with Crippen molar-refractivity contribution in [1.82, 2.24) is 0 Å². The van der Waals surface area contributed by atoms with Gasteiger partial charge in [-0.15, -0.1) is 0 Å². The molecule has 18 heavy (non-hydrogen) atoms. The number of halogens is 1. The van der Waals surface area contributed by atoms with Crippen LogP contribution in [0.15, 0.2) is 28.3 Å². The summed E-state index contributed by atoms with van der Waals surface area (Å²) < 4.78 is 5.70. The molecule has 0 fully saturated rings. The predicted molar refractivity (Wildman–Crippen MR) is 68.1 cm³/mol. The second-order valence-corrected chi connectivity index (χ2v) is 4.67. The Morgan fingerprint density at radius 1 is 1.28 bits per heavy atom. The molecule has 0 radical (unpaired) electrons. The van der Waals surface area contributed by atoms with Crippen LogP contribution < -0.4 is 4.74 Å². The van der Waals surface area contributed by atoms with E-state index in [9.17, 15) is 14.4 Å². The van der Waals surface area contributed by atoms with Crippen molar-refractivity contribution >= 4 is 33.3 Å². The van der Waals surface area contributed by atoms with Gasteiger partial charge in [-0.25, -0.2) is 0 Å². The highest BCUT2D eigenvalue weighted by atomic mass is 79.9. The molecule has 1 aromatic carbocycles. The number of hydrogen-bond donors (Lipinski definition) is 0. The van der Waals surface area contributed by atoms with Gasteiger partial charge in [0.25, 0.3) is 0 Å². The third kappa shape index (κ3) is 1.80. The van der Waals surface area contributed by atoms with Gasteiger partial charge in [0.2, 0.25) is 5.78 Å². The van der Waals surface area contributed by atoms with Crippen molar-refractivity contribution < 1.29 is 19.1 Å². The maximum absolute atomic E-state index is 12.2. The molecule has 0 N–H and O–H groups in total. The molecule has 0 saturated heterocycles. The number of methoxy groups -OCH3 is 1. The molecule has 1 aromatic rings. The molecule has 5 heteroatoms. The molecule has 0 amide bonds. The summed E-state index contributed by atoms with van der Waals surface area (Å²) in [4.78, 5) is 35.4. The summed E-state index contributed by atoms with van der Waals surface area (Å²) in [5, 5.41) is 0. The summed E-state index contributed by atoms with van der Waals surface area (Å²) in [6, 6.07) is 3.17. The number of carbonyl (C=O) groups is 3. The van der Waals surface area contributed by atoms with Gasteiger partial charge in [-0.05, 0) is 35.0 Å². The number of benzene rings is 1. The van der Waals surface area contributed by atoms with Crippen LogP contribution in [0.3, 0.4) is 0 Å². The van der Waals surface area contributed by atoms with Crippen LogP contribution in [0.25, 0.3) is 0 Å². The van der Waals surface area contributed by atoms with Crippen LogP contribution in [-0.4, -0.2) is 24.5 Å². The average molecular weight is 309 g/mol. The predicted octanol–water partition coefficient (Wildman–Crippen LogP) is 2.35. The minimum Gasteiger partial charge on any atom is -0.495 e. The quantitative estimate of drug-likeness (QED) is 0.787. The standard InChI is InChI=1S/C13H9BrO4/c1-6(15)8-5-10(16)7-3-4-9(14)13(18-2)11(7)12(8)17/h3-5H,1-2H3. The molecule has 0 spiro atoms. The summed E-state index contributed by atoms with van der Waals surface area (Å²) in [5.41, 5.74) is 0.290. The van der Waals surface area contributed by atoms with Gasteiger partial charge in [-0.2, -0.15) is 0 Å². The minimum absolute atomic E-state index is 0.107. The second kappa shape index (κ2) is 4.49. The number of ether oxygens (including phenoxy) is 1. The van der Waals surface area contributed by atoms with Gasteiger partial charge in [-0.3, -0.25) is 14.4 Å². The van der Waals surface area contributed by atoms with E-state index in [1.807, 2.05) is 0 Å². The van der Waals surface area contributed by atoms with E-state index in [1.165, 1.54) is 20.1 Å². The molecule has 0 atom stereocenters. The summed E-state index contributed by atoms with van der Waals surface area (Å²) in [6.45, 7) is 1.26. The monoisotopic (exact) mass is 308 g/mol. The number of Topliss-reactive ketones (excluding diaryl/α,β-unsaturated/α-hetero) is 2. The zero-order chi connectivity index (χ0) is 13.4. The molecule has 1 aliphatic rings. The first kappa shape index (κ1) is 12.7. The number of allylic oxidation sites excluding steroid dienone is 2. The van der Waals surface area contributed by atoms with Crippen LogP contribution in [0.4, 0.5) is 0 Å². The largest absolute Gasteiger partial charge is 0.495 e. The molecular weight excluding hydrogens is 300 g/mol. The van der Waals surface area contributed by atoms with E-state index in [0.717, 1.165) is 6.08 Å². The van der Waals surface area contributed by atoms with Gasteiger partial charge in [-0.1, -0.05) is 0 Å². The molecule has 92 valence electrons. The van der Waals surface area contributed by atoms with Gasteiger partial charge in [0, 0.05) is 11.6 Å². The third-order valence-electron chi connectivity index (χ3n) is 2.71. The van der Waals surface area contributed by atoms with Crippen LogP contribution in [-0.2, 0) is 4.79 Å². The van der Waals surface area contributed by atoms with Crippen molar-refractivity contribution in [2.24, 2.45) is 0 Å². The number of rotatable bonds is 2. The van der Waals surface area contributed by atoms with E-state index < -0.39 is 11.6 Å². The van der Waals surface area contributed by atoms with Crippen molar-refractivity contribution in [2.45, 2.75) is 6.92 Å². The average Bonchev–Trinajstić information content (AvgIpc) is 2.32. The molecule has 0 saturated carbocycles. The van der Waals surface area contributed by atoms with Gasteiger partial charge in [0.05, 0.1) is 22.7 Å². The fraction of sp³-hybridized carbons (Fsp3) is 0.154. The van der Waals surface area contributed by atoms with Gasteiger partial charge in [0.1, 0.15) is 5.75 Å². The van der Waals surface area contributed by atoms with Crippen LogP contribution in [0, 0.1) is 0 Å². The number of ketones is 3. The first-order chi connectivity index (χ1) is 8.47. The maximum atomic E-state index is 12.2. The summed E-state index contributed by atoms with van der Waals surface area (Å²) in [7, 11) is 1.41. The molecule has 0 bridgehead atoms. The van der Waals surface area contributed by atoms with E-state index in [0.29, 0.717) is 4.47 Å². The first-order valence-corrected chi connectivity index (χ1v) is 5.94. The maximum Gasteiger partial charge on any atom is 0.201 e. The zero-order valence-corrected chi connectivity index (χ0v) is 11.3. The van der Waals surface area contributed by atoms with E-state index in [-0.39, 0.29) is 28.2 Å². The number of hydrogen-bond acceptors (Lipinski definition) is 4. The first-order valence-electron chi connectivity index (χ1n) is 5.15. The Kier molecular flexibility index (Phi) is 3.17. The zero-order valence-electron chi connectivity index (χ0n) is 9.74. The van der Waals surface area contributed by atoms with E-state index in [1.54, 1.807) is 6.07 Å². The molecule has 0 aromatic heterocycles. The number of carbonyl (C=O) groups excluding carboxylic acids is 3. The van der Waals surface area contributed by atoms with Crippen molar-refractivity contribution in [2.75, 3.05) is 7.11 Å². The Balaban J connectivity index is 2.75. The molecular formula is C13H9BrO4. The van der Waals surface area contributed by atoms with E-state index in [2.05, 4.69) is 15.9 Å². The second-order valence-electron chi connectivity index (χ2n) is 3.81. The van der Waals surface area contributed by atoms with Crippen molar-refractivity contribution in [3.63, 3.8) is 0 Å². The molecule has 4 nitrogen and oxygen atoms in total. The van der Waals surface area contributed by atoms with Crippen molar-refractivity contribution in [1.29, 1.82) is 0 Å². The highest BCUT2D eigenvalue weighted by Crippen LogP contribution is 2.35. The highest BCUT2D eigenvalue weighted by molar-refractivity contribution is 9.10. The lowest BCUT2D eigenvalue weighted by Crippen LogP contribution is -2.21. The van der Waals surface area contributed by atoms with Crippen molar-refractivity contribution in [3.8, 4) is 5.75 Å².